The highest BCUT2D eigenvalue weighted by molar-refractivity contribution is 5.93. The van der Waals surface area contributed by atoms with Crippen LogP contribution in [0.3, 0.4) is 0 Å². The number of carboxylic acid groups (broad SMARTS) is 1. The summed E-state index contributed by atoms with van der Waals surface area (Å²) in [6.07, 6.45) is -1.51. The molecule has 37 heavy (non-hydrogen) atoms. The number of alkyl halides is 3. The maximum absolute atomic E-state index is 12.5. The maximum Gasteiger partial charge on any atom is 0.490 e. The van der Waals surface area contributed by atoms with Crippen molar-refractivity contribution in [3.05, 3.63) is 72.1 Å². The van der Waals surface area contributed by atoms with E-state index in [4.69, 9.17) is 20.6 Å². The van der Waals surface area contributed by atoms with Gasteiger partial charge in [0.1, 0.15) is 5.82 Å². The Morgan fingerprint density at radius 1 is 1.00 bits per heavy atom. The number of aromatic nitrogens is 3. The van der Waals surface area contributed by atoms with Gasteiger partial charge in [-0.1, -0.05) is 42.5 Å². The number of hydrogen-bond acceptors (Lipinski definition) is 5. The van der Waals surface area contributed by atoms with Gasteiger partial charge in [0.05, 0.1) is 23.3 Å². The van der Waals surface area contributed by atoms with Crippen LogP contribution < -0.4 is 11.1 Å². The minimum Gasteiger partial charge on any atom is -0.475 e. The monoisotopic (exact) mass is 511 g/mol. The number of primary amides is 1. The van der Waals surface area contributed by atoms with E-state index >= 15 is 0 Å². The molecule has 1 unspecified atom stereocenters. The molecule has 1 atom stereocenters. The number of rotatable bonds is 5. The lowest BCUT2D eigenvalue weighted by Crippen LogP contribution is -2.29. The number of nitrogens with one attached hydrogen (secondary N) is 2. The van der Waals surface area contributed by atoms with Crippen LogP contribution in [0.5, 0.6) is 0 Å². The molecule has 2 heterocycles. The molecule has 2 aromatic heterocycles. The van der Waals surface area contributed by atoms with E-state index in [0.29, 0.717) is 0 Å². The van der Waals surface area contributed by atoms with Crippen molar-refractivity contribution in [3.8, 4) is 22.5 Å². The average Bonchev–Trinajstić information content (AvgIpc) is 3.42. The zero-order valence-electron chi connectivity index (χ0n) is 19.0. The Morgan fingerprint density at radius 3 is 2.35 bits per heavy atom. The first-order valence-corrected chi connectivity index (χ1v) is 11.0. The summed E-state index contributed by atoms with van der Waals surface area (Å²) in [7, 11) is 0. The number of benzene rings is 2. The standard InChI is InChI=1S/C23H19N5O2.C2HF3O2/c24-19(29)8-9-20(30)28-22-14-5-2-1-4-13(14)21-15(22)6-3-7-16(21)23-26-17-10-11-25-12-18(17)27-23;3-2(4,5)1(6)7/h1-7,10-12,22H,8-9H2,(H2,24,29)(H,26,27)(H,28,30);(H,6,7). The van der Waals surface area contributed by atoms with Crippen molar-refractivity contribution in [1.82, 2.24) is 20.3 Å². The van der Waals surface area contributed by atoms with E-state index in [-0.39, 0.29) is 24.8 Å². The number of nitrogens with two attached hydrogens (primary N) is 1. The molecule has 1 aliphatic rings. The molecule has 190 valence electrons. The lowest BCUT2D eigenvalue weighted by Gasteiger charge is -2.16. The molecule has 0 saturated carbocycles. The molecule has 0 fully saturated rings. The molecule has 5 N–H and O–H groups in total. The Morgan fingerprint density at radius 2 is 1.68 bits per heavy atom. The first kappa shape index (κ1) is 25.4. The van der Waals surface area contributed by atoms with Crippen LogP contribution in [0.4, 0.5) is 13.2 Å². The lowest BCUT2D eigenvalue weighted by molar-refractivity contribution is -0.192. The van der Waals surface area contributed by atoms with E-state index < -0.39 is 18.1 Å². The van der Waals surface area contributed by atoms with Crippen LogP contribution in [0.2, 0.25) is 0 Å². The van der Waals surface area contributed by atoms with Gasteiger partial charge in [0.15, 0.2) is 0 Å². The van der Waals surface area contributed by atoms with E-state index in [2.05, 4.69) is 21.4 Å². The van der Waals surface area contributed by atoms with E-state index in [1.165, 1.54) is 0 Å². The number of imidazole rings is 1. The molecule has 0 spiro atoms. The van der Waals surface area contributed by atoms with Crippen LogP contribution in [0, 0.1) is 0 Å². The number of fused-ring (bicyclic) bond motifs is 4. The fraction of sp³-hybridized carbons (Fsp3) is 0.160. The third kappa shape index (κ3) is 5.42. The van der Waals surface area contributed by atoms with E-state index in [0.717, 1.165) is 44.7 Å². The predicted molar refractivity (Wildman–Crippen MR) is 127 cm³/mol. The highest BCUT2D eigenvalue weighted by atomic mass is 19.4. The summed E-state index contributed by atoms with van der Waals surface area (Å²) < 4.78 is 31.7. The predicted octanol–water partition coefficient (Wildman–Crippen LogP) is 3.71. The van der Waals surface area contributed by atoms with Gasteiger partial charge in [-0.15, -0.1) is 0 Å². The Bertz CT molecular complexity index is 1470. The molecule has 2 aromatic carbocycles. The molecule has 2 amide bonds. The van der Waals surface area contributed by atoms with E-state index in [1.54, 1.807) is 12.4 Å². The van der Waals surface area contributed by atoms with E-state index in [1.807, 2.05) is 42.5 Å². The van der Waals surface area contributed by atoms with E-state index in [9.17, 15) is 22.8 Å². The minimum atomic E-state index is -5.08. The third-order valence-electron chi connectivity index (χ3n) is 5.63. The average molecular weight is 511 g/mol. The summed E-state index contributed by atoms with van der Waals surface area (Å²) in [5, 5.41) is 10.2. The van der Waals surface area contributed by atoms with Crippen molar-refractivity contribution in [2.45, 2.75) is 25.1 Å². The fourth-order valence-corrected chi connectivity index (χ4v) is 4.06. The van der Waals surface area contributed by atoms with Crippen LogP contribution in [-0.2, 0) is 14.4 Å². The first-order chi connectivity index (χ1) is 17.6. The molecule has 1 aliphatic carbocycles. The topological polar surface area (TPSA) is 151 Å². The van der Waals surface area contributed by atoms with Crippen LogP contribution in [0.25, 0.3) is 33.5 Å². The number of amides is 2. The van der Waals surface area contributed by atoms with Crippen molar-refractivity contribution in [3.63, 3.8) is 0 Å². The van der Waals surface area contributed by atoms with Crippen molar-refractivity contribution in [1.29, 1.82) is 0 Å². The highest BCUT2D eigenvalue weighted by Crippen LogP contribution is 2.47. The molecule has 0 aliphatic heterocycles. The molecule has 5 rings (SSSR count). The second kappa shape index (κ2) is 10.1. The van der Waals surface area contributed by atoms with Crippen molar-refractivity contribution in [2.24, 2.45) is 5.73 Å². The summed E-state index contributed by atoms with van der Waals surface area (Å²) in [5.41, 5.74) is 12.0. The van der Waals surface area contributed by atoms with Crippen LogP contribution in [-0.4, -0.2) is 44.0 Å². The number of carboxylic acids is 1. The second-order valence-electron chi connectivity index (χ2n) is 8.11. The number of hydrogen-bond donors (Lipinski definition) is 4. The quantitative estimate of drug-likeness (QED) is 0.321. The van der Waals surface area contributed by atoms with Gasteiger partial charge in [0.2, 0.25) is 11.8 Å². The molecule has 0 bridgehead atoms. The number of carbonyl (C=O) groups is 3. The zero-order chi connectivity index (χ0) is 26.7. The van der Waals surface area contributed by atoms with Gasteiger partial charge in [0.25, 0.3) is 0 Å². The Labute approximate surface area is 207 Å². The highest BCUT2D eigenvalue weighted by Gasteiger charge is 2.38. The van der Waals surface area contributed by atoms with Gasteiger partial charge < -0.3 is 21.1 Å². The number of H-pyrrole nitrogens is 1. The molecule has 4 aromatic rings. The van der Waals surface area contributed by atoms with Crippen LogP contribution in [0.1, 0.15) is 30.0 Å². The van der Waals surface area contributed by atoms with Gasteiger partial charge in [0, 0.05) is 24.6 Å². The number of aliphatic carboxylic acids is 1. The van der Waals surface area contributed by atoms with Gasteiger partial charge in [-0.05, 0) is 28.3 Å². The number of halogens is 3. The van der Waals surface area contributed by atoms with Crippen molar-refractivity contribution in [2.75, 3.05) is 0 Å². The molecular formula is C25H20F3N5O4. The summed E-state index contributed by atoms with van der Waals surface area (Å²) in [6, 6.07) is 15.6. The SMILES string of the molecule is NC(=O)CCC(=O)NC1c2ccccc2-c2c(-c3nc4ccncc4[nH]3)cccc21.O=C(O)C(F)(F)F. The lowest BCUT2D eigenvalue weighted by atomic mass is 9.99. The largest absolute Gasteiger partial charge is 0.490 e. The minimum absolute atomic E-state index is 0.0279. The van der Waals surface area contributed by atoms with Gasteiger partial charge in [-0.3, -0.25) is 14.6 Å². The molecule has 9 nitrogen and oxygen atoms in total. The summed E-state index contributed by atoms with van der Waals surface area (Å²) >= 11 is 0. The van der Waals surface area contributed by atoms with Gasteiger partial charge in [-0.2, -0.15) is 13.2 Å². The Hall–Kier alpha value is -4.74. The second-order valence-corrected chi connectivity index (χ2v) is 8.11. The smallest absolute Gasteiger partial charge is 0.475 e. The fourth-order valence-electron chi connectivity index (χ4n) is 4.06. The zero-order valence-corrected chi connectivity index (χ0v) is 19.0. The molecule has 12 heteroatoms. The number of carbonyl (C=O) groups excluding carboxylic acids is 2. The van der Waals surface area contributed by atoms with Gasteiger partial charge in [-0.25, -0.2) is 9.78 Å². The Balaban J connectivity index is 0.000000405. The molecular weight excluding hydrogens is 491 g/mol. The van der Waals surface area contributed by atoms with Crippen LogP contribution in [0.15, 0.2) is 60.9 Å². The Kier molecular flexibility index (Phi) is 6.92. The summed E-state index contributed by atoms with van der Waals surface area (Å²) in [5.74, 6) is -2.70. The number of nitrogens with zero attached hydrogens (tertiary/aromatic N) is 2. The van der Waals surface area contributed by atoms with Crippen molar-refractivity contribution < 1.29 is 32.7 Å². The normalized spacial score (nSPS) is 13.8. The molecule has 0 saturated heterocycles. The number of aromatic amines is 1. The van der Waals surface area contributed by atoms with Crippen LogP contribution >= 0.6 is 0 Å². The van der Waals surface area contributed by atoms with Crippen molar-refractivity contribution >= 4 is 28.8 Å². The van der Waals surface area contributed by atoms with Gasteiger partial charge >= 0.3 is 12.1 Å². The third-order valence-corrected chi connectivity index (χ3v) is 5.63. The summed E-state index contributed by atoms with van der Waals surface area (Å²) in [6.45, 7) is 0. The summed E-state index contributed by atoms with van der Waals surface area (Å²) in [4.78, 5) is 44.6. The first-order valence-electron chi connectivity index (χ1n) is 11.0. The molecule has 0 radical (unpaired) electrons. The number of pyridine rings is 1. The maximum atomic E-state index is 12.5.